The fourth-order valence-corrected chi connectivity index (χ4v) is 8.06. The second-order valence-corrected chi connectivity index (χ2v) is 13.5. The van der Waals surface area contributed by atoms with E-state index >= 15 is 0 Å². The summed E-state index contributed by atoms with van der Waals surface area (Å²) in [6.45, 7) is 0. The van der Waals surface area contributed by atoms with E-state index in [0.717, 1.165) is 49.8 Å². The van der Waals surface area contributed by atoms with Crippen LogP contribution >= 0.6 is 11.3 Å². The molecule has 0 atom stereocenters. The van der Waals surface area contributed by atoms with Crippen LogP contribution < -0.4 is 0 Å². The maximum Gasteiger partial charge on any atom is 0.165 e. The molecule has 0 radical (unpaired) electrons. The summed E-state index contributed by atoms with van der Waals surface area (Å²) in [4.78, 5) is 15.1. The van der Waals surface area contributed by atoms with E-state index in [-0.39, 0.29) is 0 Å². The van der Waals surface area contributed by atoms with Crippen LogP contribution in [0.2, 0.25) is 0 Å². The lowest BCUT2D eigenvalue weighted by molar-refractivity contribution is 0.669. The molecule has 0 aliphatic heterocycles. The minimum Gasteiger partial charge on any atom is -0.456 e. The van der Waals surface area contributed by atoms with Gasteiger partial charge in [-0.15, -0.1) is 11.3 Å². The molecule has 0 amide bonds. The first-order valence-electron chi connectivity index (χ1n) is 16.6. The Kier molecular flexibility index (Phi) is 6.64. The zero-order chi connectivity index (χ0) is 33.0. The second-order valence-electron chi connectivity index (χ2n) is 12.4. The first-order valence-corrected chi connectivity index (χ1v) is 17.4. The third-order valence-electron chi connectivity index (χ3n) is 9.37. The third kappa shape index (κ3) is 4.87. The fourth-order valence-electron chi connectivity index (χ4n) is 6.84. The largest absolute Gasteiger partial charge is 0.456 e. The SMILES string of the molecule is c1ccc(-c2ccc3oc4cc(-c5ccc(-c6nc(-c7ccccc7)nc(-c7cccc8c7sc7ccccc78)n6)cc5)ccc4c3c2)cc1. The van der Waals surface area contributed by atoms with Crippen molar-refractivity contribution in [3.63, 3.8) is 0 Å². The minimum absolute atomic E-state index is 0.639. The van der Waals surface area contributed by atoms with Crippen LogP contribution in [0.25, 0.3) is 98.5 Å². The molecular weight excluding hydrogens is 631 g/mol. The fraction of sp³-hybridized carbons (Fsp3) is 0. The molecule has 0 N–H and O–H groups in total. The molecule has 0 aliphatic rings. The summed E-state index contributed by atoms with van der Waals surface area (Å²) in [5, 5.41) is 4.70. The van der Waals surface area contributed by atoms with Gasteiger partial charge in [-0.25, -0.2) is 15.0 Å². The van der Waals surface area contributed by atoms with Crippen molar-refractivity contribution in [1.29, 1.82) is 0 Å². The maximum atomic E-state index is 6.33. The molecular formula is C45H27N3OS. The Bertz CT molecular complexity index is 2860. The van der Waals surface area contributed by atoms with E-state index in [1.54, 1.807) is 11.3 Å². The average molecular weight is 658 g/mol. The molecule has 3 aromatic heterocycles. The van der Waals surface area contributed by atoms with E-state index in [1.165, 1.54) is 31.3 Å². The topological polar surface area (TPSA) is 51.8 Å². The molecule has 5 heteroatoms. The number of rotatable bonds is 5. The highest BCUT2D eigenvalue weighted by molar-refractivity contribution is 7.26. The normalized spacial score (nSPS) is 11.6. The Morgan fingerprint density at radius 2 is 0.940 bits per heavy atom. The molecule has 3 heterocycles. The van der Waals surface area contributed by atoms with E-state index in [4.69, 9.17) is 19.4 Å². The maximum absolute atomic E-state index is 6.33. The highest BCUT2D eigenvalue weighted by atomic mass is 32.1. The predicted octanol–water partition coefficient (Wildman–Crippen LogP) is 12.5. The molecule has 0 bridgehead atoms. The summed E-state index contributed by atoms with van der Waals surface area (Å²) in [5.41, 5.74) is 9.20. The van der Waals surface area contributed by atoms with Gasteiger partial charge in [-0.05, 0) is 58.7 Å². The molecule has 0 fully saturated rings. The lowest BCUT2D eigenvalue weighted by Crippen LogP contribution is -2.00. The highest BCUT2D eigenvalue weighted by Crippen LogP contribution is 2.40. The number of nitrogens with zero attached hydrogens (tertiary/aromatic N) is 3. The van der Waals surface area contributed by atoms with E-state index in [0.29, 0.717) is 17.5 Å². The zero-order valence-corrected chi connectivity index (χ0v) is 27.6. The van der Waals surface area contributed by atoms with E-state index < -0.39 is 0 Å². The van der Waals surface area contributed by atoms with Crippen molar-refractivity contribution in [2.45, 2.75) is 0 Å². The molecule has 234 valence electrons. The van der Waals surface area contributed by atoms with Gasteiger partial charge in [-0.2, -0.15) is 0 Å². The standard InChI is InChI=1S/C45H27N3OS/c1-3-10-28(11-4-1)32-23-25-39-38(26-32)34-24-22-33(27-40(34)49-39)29-18-20-31(21-19-29)44-46-43(30-12-5-2-6-13-30)47-45(48-44)37-16-9-15-36-35-14-7-8-17-41(35)50-42(36)37/h1-27H. The number of benzene rings is 7. The van der Waals surface area contributed by atoms with Gasteiger partial charge in [0.25, 0.3) is 0 Å². The summed E-state index contributed by atoms with van der Waals surface area (Å²) >= 11 is 1.78. The van der Waals surface area contributed by atoms with Gasteiger partial charge in [0.05, 0.1) is 0 Å². The summed E-state index contributed by atoms with van der Waals surface area (Å²) in [5.74, 6) is 1.96. The van der Waals surface area contributed by atoms with Crippen molar-refractivity contribution in [3.05, 3.63) is 164 Å². The molecule has 4 nitrogen and oxygen atoms in total. The molecule has 0 saturated heterocycles. The lowest BCUT2D eigenvalue weighted by atomic mass is 10.0. The van der Waals surface area contributed by atoms with Crippen LogP contribution in [0.4, 0.5) is 0 Å². The van der Waals surface area contributed by atoms with Crippen LogP contribution in [-0.2, 0) is 0 Å². The molecule has 10 aromatic rings. The molecule has 10 rings (SSSR count). The number of fused-ring (bicyclic) bond motifs is 6. The van der Waals surface area contributed by atoms with Crippen LogP contribution in [0.15, 0.2) is 168 Å². The monoisotopic (exact) mass is 657 g/mol. The minimum atomic E-state index is 0.639. The van der Waals surface area contributed by atoms with Crippen molar-refractivity contribution in [3.8, 4) is 56.4 Å². The van der Waals surface area contributed by atoms with E-state index in [1.807, 2.05) is 36.4 Å². The number of aromatic nitrogens is 3. The second kappa shape index (κ2) is 11.6. The van der Waals surface area contributed by atoms with Crippen molar-refractivity contribution >= 4 is 53.4 Å². The molecule has 7 aromatic carbocycles. The van der Waals surface area contributed by atoms with Gasteiger partial charge >= 0.3 is 0 Å². The highest BCUT2D eigenvalue weighted by Gasteiger charge is 2.17. The quantitative estimate of drug-likeness (QED) is 0.185. The Morgan fingerprint density at radius 1 is 0.360 bits per heavy atom. The van der Waals surface area contributed by atoms with Gasteiger partial charge in [-0.3, -0.25) is 0 Å². The first-order chi connectivity index (χ1) is 24.7. The van der Waals surface area contributed by atoms with E-state index in [2.05, 4.69) is 127 Å². The smallest absolute Gasteiger partial charge is 0.165 e. The third-order valence-corrected chi connectivity index (χ3v) is 10.6. The molecule has 50 heavy (non-hydrogen) atoms. The van der Waals surface area contributed by atoms with Crippen LogP contribution in [0.3, 0.4) is 0 Å². The zero-order valence-electron chi connectivity index (χ0n) is 26.7. The Labute approximate surface area is 292 Å². The molecule has 0 unspecified atom stereocenters. The van der Waals surface area contributed by atoms with Crippen molar-refractivity contribution in [2.75, 3.05) is 0 Å². The predicted molar refractivity (Wildman–Crippen MR) is 207 cm³/mol. The summed E-state index contributed by atoms with van der Waals surface area (Å²) in [6, 6.07) is 56.8. The number of thiophene rings is 1. The van der Waals surface area contributed by atoms with Gasteiger partial charge < -0.3 is 4.42 Å². The van der Waals surface area contributed by atoms with Crippen molar-refractivity contribution in [1.82, 2.24) is 15.0 Å². The number of hydrogen-bond acceptors (Lipinski definition) is 5. The van der Waals surface area contributed by atoms with Crippen LogP contribution in [0.5, 0.6) is 0 Å². The summed E-state index contributed by atoms with van der Waals surface area (Å²) in [7, 11) is 0. The van der Waals surface area contributed by atoms with E-state index in [9.17, 15) is 0 Å². The van der Waals surface area contributed by atoms with Gasteiger partial charge in [0.1, 0.15) is 11.2 Å². The average Bonchev–Trinajstić information content (AvgIpc) is 3.76. The van der Waals surface area contributed by atoms with Gasteiger partial charge in [0.15, 0.2) is 17.5 Å². The van der Waals surface area contributed by atoms with Crippen LogP contribution in [0, 0.1) is 0 Å². The Morgan fingerprint density at radius 3 is 1.74 bits per heavy atom. The lowest BCUT2D eigenvalue weighted by Gasteiger charge is -2.10. The van der Waals surface area contributed by atoms with Crippen molar-refractivity contribution < 1.29 is 4.42 Å². The first kappa shape index (κ1) is 28.6. The van der Waals surface area contributed by atoms with Crippen LogP contribution in [0.1, 0.15) is 0 Å². The van der Waals surface area contributed by atoms with Gasteiger partial charge in [0.2, 0.25) is 0 Å². The number of hydrogen-bond donors (Lipinski definition) is 0. The van der Waals surface area contributed by atoms with Gasteiger partial charge in [-0.1, -0.05) is 127 Å². The van der Waals surface area contributed by atoms with Crippen molar-refractivity contribution in [2.24, 2.45) is 0 Å². The molecule has 0 saturated carbocycles. The Hall–Kier alpha value is -6.43. The summed E-state index contributed by atoms with van der Waals surface area (Å²) < 4.78 is 8.76. The Balaban J connectivity index is 1.04. The van der Waals surface area contributed by atoms with Gasteiger partial charge in [0, 0.05) is 47.6 Å². The van der Waals surface area contributed by atoms with Crippen LogP contribution in [-0.4, -0.2) is 15.0 Å². The summed E-state index contributed by atoms with van der Waals surface area (Å²) in [6.07, 6.45) is 0. The molecule has 0 aliphatic carbocycles. The molecule has 0 spiro atoms. The number of furan rings is 1.